The third-order valence-corrected chi connectivity index (χ3v) is 4.11. The number of carbonyl (C=O) groups excluding carboxylic acids is 1. The maximum Gasteiger partial charge on any atom is 0.295 e. The minimum absolute atomic E-state index is 0.0727. The lowest BCUT2D eigenvalue weighted by Crippen LogP contribution is -2.14. The van der Waals surface area contributed by atoms with Crippen molar-refractivity contribution in [1.29, 1.82) is 0 Å². The summed E-state index contributed by atoms with van der Waals surface area (Å²) in [5.74, 6) is 0.708. The molecule has 0 saturated carbocycles. The van der Waals surface area contributed by atoms with Gasteiger partial charge in [0.15, 0.2) is 11.6 Å². The second-order valence-corrected chi connectivity index (χ2v) is 6.31. The van der Waals surface area contributed by atoms with Crippen LogP contribution in [-0.4, -0.2) is 20.7 Å². The predicted octanol–water partition coefficient (Wildman–Crippen LogP) is 4.40. The summed E-state index contributed by atoms with van der Waals surface area (Å²) in [4.78, 5) is 17.1. The summed E-state index contributed by atoms with van der Waals surface area (Å²) in [6.07, 6.45) is 1.57. The summed E-state index contributed by atoms with van der Waals surface area (Å²) in [5.41, 5.74) is 3.70. The van der Waals surface area contributed by atoms with Crippen LogP contribution in [0.25, 0.3) is 17.3 Å². The van der Waals surface area contributed by atoms with Gasteiger partial charge >= 0.3 is 0 Å². The van der Waals surface area contributed by atoms with E-state index in [4.69, 9.17) is 4.42 Å². The van der Waals surface area contributed by atoms with Crippen molar-refractivity contribution in [2.45, 2.75) is 13.8 Å². The fraction of sp³-hybridized carbons (Fsp3) is 0.0952. The van der Waals surface area contributed by atoms with Crippen LogP contribution in [0.4, 0.5) is 5.69 Å². The van der Waals surface area contributed by atoms with Gasteiger partial charge in [-0.25, -0.2) is 4.68 Å². The number of rotatable bonds is 4. The van der Waals surface area contributed by atoms with E-state index in [0.717, 1.165) is 16.8 Å². The minimum atomic E-state index is -0.377. The Hall–Kier alpha value is -3.67. The molecule has 0 saturated heterocycles. The molecule has 0 atom stereocenters. The van der Waals surface area contributed by atoms with Crippen molar-refractivity contribution in [3.05, 3.63) is 83.9 Å². The number of carbonyl (C=O) groups is 1. The van der Waals surface area contributed by atoms with Gasteiger partial charge in [-0.3, -0.25) is 4.79 Å². The number of nitrogens with zero attached hydrogens (tertiary/aromatic N) is 3. The maximum atomic E-state index is 12.7. The first-order valence-corrected chi connectivity index (χ1v) is 8.56. The summed E-state index contributed by atoms with van der Waals surface area (Å²) in [5, 5.41) is 7.25. The first-order valence-electron chi connectivity index (χ1n) is 8.56. The zero-order chi connectivity index (χ0) is 18.8. The molecule has 1 N–H and O–H groups in total. The fourth-order valence-corrected chi connectivity index (χ4v) is 2.74. The molecule has 134 valence electrons. The second kappa shape index (κ2) is 6.92. The Morgan fingerprint density at radius 1 is 1.00 bits per heavy atom. The summed E-state index contributed by atoms with van der Waals surface area (Å²) < 4.78 is 7.10. The number of aromatic nitrogens is 3. The van der Waals surface area contributed by atoms with Gasteiger partial charge in [-0.15, -0.1) is 5.10 Å². The lowest BCUT2D eigenvalue weighted by Gasteiger charge is -2.05. The van der Waals surface area contributed by atoms with Crippen LogP contribution in [-0.2, 0) is 0 Å². The molecule has 0 unspecified atom stereocenters. The molecule has 4 rings (SSSR count). The molecular weight excluding hydrogens is 340 g/mol. The summed E-state index contributed by atoms with van der Waals surface area (Å²) in [6.45, 7) is 3.99. The highest BCUT2D eigenvalue weighted by Crippen LogP contribution is 2.22. The number of nitrogens with one attached hydrogen (secondary N) is 1. The lowest BCUT2D eigenvalue weighted by atomic mass is 10.2. The quantitative estimate of drug-likeness (QED) is 0.587. The third kappa shape index (κ3) is 3.50. The maximum absolute atomic E-state index is 12.7. The molecule has 0 bridgehead atoms. The predicted molar refractivity (Wildman–Crippen MR) is 103 cm³/mol. The van der Waals surface area contributed by atoms with Crippen molar-refractivity contribution in [3.63, 3.8) is 0 Å². The molecule has 0 spiro atoms. The standard InChI is InChI=1S/C21H18N4O2/c1-14-8-10-16(11-9-14)22-21(26)19-23-20(18-7-4-12-27-18)25(24-19)17-6-3-5-15(2)13-17/h3-13H,1-2H3,(H,22,26). The molecule has 0 aliphatic carbocycles. The largest absolute Gasteiger partial charge is 0.461 e. The van der Waals surface area contributed by atoms with Crippen LogP contribution in [0, 0.1) is 13.8 Å². The fourth-order valence-electron chi connectivity index (χ4n) is 2.74. The first kappa shape index (κ1) is 16.8. The van der Waals surface area contributed by atoms with E-state index < -0.39 is 0 Å². The highest BCUT2D eigenvalue weighted by atomic mass is 16.3. The molecule has 6 nitrogen and oxygen atoms in total. The van der Waals surface area contributed by atoms with Gasteiger partial charge in [0.1, 0.15) is 0 Å². The average Bonchev–Trinajstić information content (AvgIpc) is 3.33. The van der Waals surface area contributed by atoms with Crippen LogP contribution in [0.2, 0.25) is 0 Å². The molecule has 0 radical (unpaired) electrons. The van der Waals surface area contributed by atoms with Crippen LogP contribution >= 0.6 is 0 Å². The molecule has 2 heterocycles. The van der Waals surface area contributed by atoms with Gasteiger partial charge in [0.25, 0.3) is 5.91 Å². The van der Waals surface area contributed by atoms with Crippen LogP contribution in [0.15, 0.2) is 71.3 Å². The Labute approximate surface area is 156 Å². The number of furan rings is 1. The van der Waals surface area contributed by atoms with Gasteiger partial charge in [0, 0.05) is 5.69 Å². The van der Waals surface area contributed by atoms with Crippen molar-refractivity contribution in [2.24, 2.45) is 0 Å². The highest BCUT2D eigenvalue weighted by Gasteiger charge is 2.20. The normalized spacial score (nSPS) is 10.7. The van der Waals surface area contributed by atoms with Crippen molar-refractivity contribution in [2.75, 3.05) is 5.32 Å². The Bertz CT molecular complexity index is 1080. The van der Waals surface area contributed by atoms with Crippen molar-refractivity contribution >= 4 is 11.6 Å². The van der Waals surface area contributed by atoms with Crippen molar-refractivity contribution in [3.8, 4) is 17.3 Å². The van der Waals surface area contributed by atoms with Gasteiger partial charge in [-0.2, -0.15) is 4.98 Å². The molecule has 2 aromatic heterocycles. The average molecular weight is 358 g/mol. The van der Waals surface area contributed by atoms with E-state index in [-0.39, 0.29) is 11.7 Å². The SMILES string of the molecule is Cc1ccc(NC(=O)c2nc(-c3ccco3)n(-c3cccc(C)c3)n2)cc1. The zero-order valence-corrected chi connectivity index (χ0v) is 15.0. The van der Waals surface area contributed by atoms with Crippen molar-refractivity contribution < 1.29 is 9.21 Å². The molecule has 4 aromatic rings. The van der Waals surface area contributed by atoms with Crippen molar-refractivity contribution in [1.82, 2.24) is 14.8 Å². The first-order chi connectivity index (χ1) is 13.1. The van der Waals surface area contributed by atoms with Gasteiger partial charge in [0.2, 0.25) is 5.82 Å². The molecule has 0 aliphatic rings. The smallest absolute Gasteiger partial charge is 0.295 e. The molecule has 0 aliphatic heterocycles. The number of aryl methyl sites for hydroxylation is 2. The summed E-state index contributed by atoms with van der Waals surface area (Å²) in [7, 11) is 0. The zero-order valence-electron chi connectivity index (χ0n) is 15.0. The Morgan fingerprint density at radius 2 is 1.81 bits per heavy atom. The summed E-state index contributed by atoms with van der Waals surface area (Å²) in [6, 6.07) is 18.9. The monoisotopic (exact) mass is 358 g/mol. The van der Waals surface area contributed by atoms with E-state index in [1.165, 1.54) is 0 Å². The van der Waals surface area contributed by atoms with E-state index >= 15 is 0 Å². The Balaban J connectivity index is 1.72. The molecule has 2 aromatic carbocycles. The number of anilines is 1. The van der Waals surface area contributed by atoms with E-state index in [0.29, 0.717) is 17.3 Å². The third-order valence-electron chi connectivity index (χ3n) is 4.11. The van der Waals surface area contributed by atoms with E-state index in [1.807, 2.05) is 62.4 Å². The topological polar surface area (TPSA) is 73.0 Å². The van der Waals surface area contributed by atoms with Gasteiger partial charge in [0.05, 0.1) is 12.0 Å². The van der Waals surface area contributed by atoms with Crippen LogP contribution in [0.3, 0.4) is 0 Å². The highest BCUT2D eigenvalue weighted by molar-refractivity contribution is 6.01. The molecule has 1 amide bonds. The van der Waals surface area contributed by atoms with E-state index in [1.54, 1.807) is 23.1 Å². The molecular formula is C21H18N4O2. The van der Waals surface area contributed by atoms with E-state index in [2.05, 4.69) is 15.4 Å². The minimum Gasteiger partial charge on any atom is -0.461 e. The number of hydrogen-bond acceptors (Lipinski definition) is 4. The molecule has 27 heavy (non-hydrogen) atoms. The number of amides is 1. The van der Waals surface area contributed by atoms with Gasteiger partial charge in [-0.1, -0.05) is 29.8 Å². The number of benzene rings is 2. The second-order valence-electron chi connectivity index (χ2n) is 6.31. The Kier molecular flexibility index (Phi) is 4.30. The Morgan fingerprint density at radius 3 is 2.52 bits per heavy atom. The summed E-state index contributed by atoms with van der Waals surface area (Å²) >= 11 is 0. The van der Waals surface area contributed by atoms with Crippen LogP contribution in [0.5, 0.6) is 0 Å². The van der Waals surface area contributed by atoms with Crippen LogP contribution < -0.4 is 5.32 Å². The van der Waals surface area contributed by atoms with Crippen LogP contribution in [0.1, 0.15) is 21.7 Å². The lowest BCUT2D eigenvalue weighted by molar-refractivity contribution is 0.101. The molecule has 6 heteroatoms. The van der Waals surface area contributed by atoms with Gasteiger partial charge < -0.3 is 9.73 Å². The van der Waals surface area contributed by atoms with E-state index in [9.17, 15) is 4.79 Å². The molecule has 0 fully saturated rings. The number of hydrogen-bond donors (Lipinski definition) is 1. The van der Waals surface area contributed by atoms with Gasteiger partial charge in [-0.05, 0) is 55.8 Å².